The summed E-state index contributed by atoms with van der Waals surface area (Å²) in [4.78, 5) is 2.40. The van der Waals surface area contributed by atoms with Crippen LogP contribution in [0.3, 0.4) is 0 Å². The Kier molecular flexibility index (Phi) is 3.72. The fourth-order valence-corrected chi connectivity index (χ4v) is 2.95. The van der Waals surface area contributed by atoms with E-state index in [0.717, 1.165) is 31.1 Å². The van der Waals surface area contributed by atoms with Crippen LogP contribution in [0.2, 0.25) is 0 Å². The highest BCUT2D eigenvalue weighted by Gasteiger charge is 2.24. The molecule has 110 valence electrons. The highest BCUT2D eigenvalue weighted by atomic mass is 16.7. The molecule has 0 aromatic heterocycles. The summed E-state index contributed by atoms with van der Waals surface area (Å²) in [7, 11) is 1.65. The van der Waals surface area contributed by atoms with Gasteiger partial charge in [-0.2, -0.15) is 0 Å². The Balaban J connectivity index is 1.77. The van der Waals surface area contributed by atoms with Crippen molar-refractivity contribution in [2.24, 2.45) is 0 Å². The molecule has 3 rings (SSSR count). The summed E-state index contributed by atoms with van der Waals surface area (Å²) < 4.78 is 22.0. The molecule has 5 heteroatoms. The second kappa shape index (κ2) is 5.50. The summed E-state index contributed by atoms with van der Waals surface area (Å²) in [6.07, 6.45) is 0.546. The molecule has 1 aromatic carbocycles. The van der Waals surface area contributed by atoms with Crippen LogP contribution in [0.15, 0.2) is 12.1 Å². The number of fused-ring (bicyclic) bond motifs is 1. The van der Waals surface area contributed by atoms with Crippen LogP contribution in [0.1, 0.15) is 19.4 Å². The van der Waals surface area contributed by atoms with Gasteiger partial charge in [-0.1, -0.05) is 0 Å². The quantitative estimate of drug-likeness (QED) is 0.846. The fourth-order valence-electron chi connectivity index (χ4n) is 2.95. The minimum Gasteiger partial charge on any atom is -0.493 e. The summed E-state index contributed by atoms with van der Waals surface area (Å²) in [5.41, 5.74) is 1.17. The van der Waals surface area contributed by atoms with Gasteiger partial charge in [0.15, 0.2) is 11.5 Å². The summed E-state index contributed by atoms with van der Waals surface area (Å²) in [5, 5.41) is 0. The van der Waals surface area contributed by atoms with Crippen molar-refractivity contribution in [3.63, 3.8) is 0 Å². The minimum absolute atomic E-state index is 0.265. The van der Waals surface area contributed by atoms with Crippen molar-refractivity contribution in [1.29, 1.82) is 0 Å². The van der Waals surface area contributed by atoms with Gasteiger partial charge in [-0.15, -0.1) is 0 Å². The minimum atomic E-state index is 0.265. The van der Waals surface area contributed by atoms with E-state index in [4.69, 9.17) is 18.9 Å². The predicted octanol–water partition coefficient (Wildman–Crippen LogP) is 2.03. The smallest absolute Gasteiger partial charge is 0.231 e. The van der Waals surface area contributed by atoms with E-state index in [1.165, 1.54) is 5.56 Å². The second-order valence-electron chi connectivity index (χ2n) is 5.48. The summed E-state index contributed by atoms with van der Waals surface area (Å²) in [6, 6.07) is 4.06. The fraction of sp³-hybridized carbons (Fsp3) is 0.600. The molecule has 0 radical (unpaired) electrons. The first-order valence-corrected chi connectivity index (χ1v) is 7.00. The van der Waals surface area contributed by atoms with Crippen molar-refractivity contribution in [1.82, 2.24) is 4.90 Å². The topological polar surface area (TPSA) is 40.2 Å². The lowest BCUT2D eigenvalue weighted by Gasteiger charge is -2.35. The van der Waals surface area contributed by atoms with Crippen LogP contribution in [0.5, 0.6) is 17.2 Å². The first-order valence-electron chi connectivity index (χ1n) is 7.00. The maximum atomic E-state index is 5.76. The Morgan fingerprint density at radius 3 is 2.65 bits per heavy atom. The Morgan fingerprint density at radius 2 is 1.95 bits per heavy atom. The average molecular weight is 279 g/mol. The van der Waals surface area contributed by atoms with Crippen molar-refractivity contribution in [3.05, 3.63) is 17.7 Å². The molecule has 0 saturated carbocycles. The van der Waals surface area contributed by atoms with Crippen LogP contribution in [0.4, 0.5) is 0 Å². The third-order valence-corrected chi connectivity index (χ3v) is 3.62. The SMILES string of the molecule is COc1cc(CN2C[C@H](C)O[C@@H](C)C2)cc2c1OCO2. The third kappa shape index (κ3) is 2.69. The number of benzene rings is 1. The van der Waals surface area contributed by atoms with Gasteiger partial charge in [-0.25, -0.2) is 0 Å². The van der Waals surface area contributed by atoms with Crippen molar-refractivity contribution >= 4 is 0 Å². The van der Waals surface area contributed by atoms with Gasteiger partial charge >= 0.3 is 0 Å². The molecule has 0 unspecified atom stereocenters. The zero-order chi connectivity index (χ0) is 14.1. The summed E-state index contributed by atoms with van der Waals surface area (Å²) in [5.74, 6) is 2.22. The largest absolute Gasteiger partial charge is 0.493 e. The molecule has 2 aliphatic rings. The van der Waals surface area contributed by atoms with E-state index in [9.17, 15) is 0 Å². The number of morpholine rings is 1. The zero-order valence-electron chi connectivity index (χ0n) is 12.2. The molecule has 1 aromatic rings. The van der Waals surface area contributed by atoms with Gasteiger partial charge in [-0.3, -0.25) is 4.90 Å². The van der Waals surface area contributed by atoms with Crippen molar-refractivity contribution in [3.8, 4) is 17.2 Å². The Labute approximate surface area is 119 Å². The van der Waals surface area contributed by atoms with Gasteiger partial charge in [0.2, 0.25) is 12.5 Å². The van der Waals surface area contributed by atoms with Crippen LogP contribution in [-0.4, -0.2) is 44.1 Å². The van der Waals surface area contributed by atoms with E-state index in [1.807, 2.05) is 12.1 Å². The lowest BCUT2D eigenvalue weighted by Crippen LogP contribution is -2.44. The van der Waals surface area contributed by atoms with Crippen LogP contribution in [0, 0.1) is 0 Å². The molecule has 0 amide bonds. The van der Waals surface area contributed by atoms with E-state index in [1.54, 1.807) is 7.11 Å². The lowest BCUT2D eigenvalue weighted by atomic mass is 10.1. The molecule has 20 heavy (non-hydrogen) atoms. The normalized spacial score (nSPS) is 25.8. The van der Waals surface area contributed by atoms with E-state index in [-0.39, 0.29) is 19.0 Å². The van der Waals surface area contributed by atoms with E-state index < -0.39 is 0 Å². The summed E-state index contributed by atoms with van der Waals surface area (Å²) in [6.45, 7) is 7.25. The Morgan fingerprint density at radius 1 is 1.20 bits per heavy atom. The Hall–Kier alpha value is -1.46. The van der Waals surface area contributed by atoms with Crippen LogP contribution < -0.4 is 14.2 Å². The highest BCUT2D eigenvalue weighted by molar-refractivity contribution is 5.55. The predicted molar refractivity (Wildman–Crippen MR) is 74.4 cm³/mol. The molecule has 0 bridgehead atoms. The molecule has 1 fully saturated rings. The number of methoxy groups -OCH3 is 1. The van der Waals surface area contributed by atoms with E-state index >= 15 is 0 Å². The maximum Gasteiger partial charge on any atom is 0.231 e. The summed E-state index contributed by atoms with van der Waals surface area (Å²) >= 11 is 0. The number of ether oxygens (including phenoxy) is 4. The second-order valence-corrected chi connectivity index (χ2v) is 5.48. The standard InChI is InChI=1S/C15H21NO4/c1-10-6-16(7-11(2)20-10)8-12-4-13(17-3)15-14(5-12)18-9-19-15/h4-5,10-11H,6-9H2,1-3H3/t10-,11-/m0/s1. The first kappa shape index (κ1) is 13.5. The van der Waals surface area contributed by atoms with Gasteiger partial charge in [-0.05, 0) is 31.5 Å². The van der Waals surface area contributed by atoms with E-state index in [2.05, 4.69) is 18.7 Å². The average Bonchev–Trinajstić information content (AvgIpc) is 2.84. The number of nitrogens with zero attached hydrogens (tertiary/aromatic N) is 1. The number of hydrogen-bond donors (Lipinski definition) is 0. The molecule has 5 nitrogen and oxygen atoms in total. The van der Waals surface area contributed by atoms with E-state index in [0.29, 0.717) is 5.75 Å². The molecule has 0 spiro atoms. The Bertz CT molecular complexity index is 481. The number of rotatable bonds is 3. The van der Waals surface area contributed by atoms with Gasteiger partial charge in [0.05, 0.1) is 19.3 Å². The number of hydrogen-bond acceptors (Lipinski definition) is 5. The third-order valence-electron chi connectivity index (χ3n) is 3.62. The molecule has 2 aliphatic heterocycles. The lowest BCUT2D eigenvalue weighted by molar-refractivity contribution is -0.0705. The van der Waals surface area contributed by atoms with Gasteiger partial charge in [0.1, 0.15) is 0 Å². The van der Waals surface area contributed by atoms with Crippen LogP contribution in [-0.2, 0) is 11.3 Å². The maximum absolute atomic E-state index is 5.76. The monoisotopic (exact) mass is 279 g/mol. The first-order chi connectivity index (χ1) is 9.65. The molecular weight excluding hydrogens is 258 g/mol. The molecule has 1 saturated heterocycles. The van der Waals surface area contributed by atoms with Crippen molar-refractivity contribution in [2.45, 2.75) is 32.6 Å². The highest BCUT2D eigenvalue weighted by Crippen LogP contribution is 2.42. The molecule has 2 heterocycles. The van der Waals surface area contributed by atoms with Gasteiger partial charge < -0.3 is 18.9 Å². The van der Waals surface area contributed by atoms with Crippen molar-refractivity contribution < 1.29 is 18.9 Å². The van der Waals surface area contributed by atoms with Gasteiger partial charge in [0.25, 0.3) is 0 Å². The van der Waals surface area contributed by atoms with Crippen LogP contribution in [0.25, 0.3) is 0 Å². The van der Waals surface area contributed by atoms with Gasteiger partial charge in [0, 0.05) is 19.6 Å². The molecule has 2 atom stereocenters. The molecular formula is C15H21NO4. The molecule has 0 aliphatic carbocycles. The zero-order valence-corrected chi connectivity index (χ0v) is 12.2. The molecule has 0 N–H and O–H groups in total. The van der Waals surface area contributed by atoms with Crippen molar-refractivity contribution in [2.75, 3.05) is 27.0 Å². The van der Waals surface area contributed by atoms with Crippen LogP contribution >= 0.6 is 0 Å².